The van der Waals surface area contributed by atoms with Gasteiger partial charge < -0.3 is 0 Å². The second kappa shape index (κ2) is 3.87. The largest absolute Gasteiger partial charge is 0.333 e. The van der Waals surface area contributed by atoms with Gasteiger partial charge in [0.1, 0.15) is 0 Å². The van der Waals surface area contributed by atoms with Crippen LogP contribution in [0.3, 0.4) is 0 Å². The highest BCUT2D eigenvalue weighted by molar-refractivity contribution is 6.31. The van der Waals surface area contributed by atoms with E-state index in [1.165, 1.54) is 0 Å². The van der Waals surface area contributed by atoms with Crippen LogP contribution in [0.2, 0.25) is 5.02 Å². The summed E-state index contributed by atoms with van der Waals surface area (Å²) in [4.78, 5) is 12.6. The van der Waals surface area contributed by atoms with Crippen molar-refractivity contribution in [2.24, 2.45) is 7.05 Å². The Morgan fingerprint density at radius 2 is 1.75 bits per heavy atom. The molecule has 0 amide bonds. The van der Waals surface area contributed by atoms with Gasteiger partial charge in [-0.15, -0.1) is 0 Å². The molecule has 4 aromatic rings. The Labute approximate surface area is 119 Å². The van der Waals surface area contributed by atoms with Crippen LogP contribution in [-0.2, 0) is 7.05 Å². The lowest BCUT2D eigenvalue weighted by Gasteiger charge is -2.08. The fourth-order valence-corrected chi connectivity index (χ4v) is 2.99. The van der Waals surface area contributed by atoms with Gasteiger partial charge in [-0.25, -0.2) is 4.79 Å². The third-order valence-corrected chi connectivity index (χ3v) is 4.02. The van der Waals surface area contributed by atoms with Gasteiger partial charge in [-0.2, -0.15) is 0 Å². The fourth-order valence-electron chi connectivity index (χ4n) is 2.82. The molecule has 2 aromatic carbocycles. The molecule has 0 N–H and O–H groups in total. The summed E-state index contributed by atoms with van der Waals surface area (Å²) >= 11 is 6.11. The van der Waals surface area contributed by atoms with E-state index in [9.17, 15) is 4.79 Å². The molecule has 0 bridgehead atoms. The van der Waals surface area contributed by atoms with Crippen molar-refractivity contribution < 1.29 is 0 Å². The SMILES string of the molecule is Cn1c(=O)n2c3ccccc3cc2c2cc(Cl)ccc21. The molecule has 0 unspecified atom stereocenters. The van der Waals surface area contributed by atoms with Crippen molar-refractivity contribution in [2.75, 3.05) is 0 Å². The van der Waals surface area contributed by atoms with Crippen LogP contribution in [-0.4, -0.2) is 8.97 Å². The van der Waals surface area contributed by atoms with Crippen molar-refractivity contribution in [3.63, 3.8) is 0 Å². The quantitative estimate of drug-likeness (QED) is 0.484. The number of rotatable bonds is 0. The van der Waals surface area contributed by atoms with Gasteiger partial charge in [0, 0.05) is 22.8 Å². The molecule has 0 aliphatic rings. The standard InChI is InChI=1S/C16H11ClN2O/c1-18-14-7-6-11(17)9-12(14)15-8-10-4-2-3-5-13(10)19(15)16(18)20/h2-9H,1H3. The monoisotopic (exact) mass is 282 g/mol. The molecule has 0 saturated carbocycles. The molecule has 2 aromatic heterocycles. The maximum atomic E-state index is 12.6. The molecule has 4 heteroatoms. The molecule has 0 atom stereocenters. The summed E-state index contributed by atoms with van der Waals surface area (Å²) in [7, 11) is 1.78. The van der Waals surface area contributed by atoms with Gasteiger partial charge in [0.15, 0.2) is 0 Å². The third-order valence-electron chi connectivity index (χ3n) is 3.78. The van der Waals surface area contributed by atoms with E-state index in [4.69, 9.17) is 11.6 Å². The highest BCUT2D eigenvalue weighted by Crippen LogP contribution is 2.26. The van der Waals surface area contributed by atoms with Crippen LogP contribution in [0.5, 0.6) is 0 Å². The number of hydrogen-bond acceptors (Lipinski definition) is 1. The molecular formula is C16H11ClN2O. The Balaban J connectivity index is 2.42. The number of para-hydroxylation sites is 1. The first-order valence-electron chi connectivity index (χ1n) is 6.35. The lowest BCUT2D eigenvalue weighted by atomic mass is 10.2. The highest BCUT2D eigenvalue weighted by atomic mass is 35.5. The Bertz CT molecular complexity index is 1040. The van der Waals surface area contributed by atoms with E-state index in [-0.39, 0.29) is 5.69 Å². The average molecular weight is 283 g/mol. The zero-order valence-corrected chi connectivity index (χ0v) is 11.6. The van der Waals surface area contributed by atoms with Crippen molar-refractivity contribution in [2.45, 2.75) is 0 Å². The van der Waals surface area contributed by atoms with Crippen molar-refractivity contribution in [3.05, 3.63) is 64.0 Å². The molecule has 98 valence electrons. The van der Waals surface area contributed by atoms with Crippen molar-refractivity contribution in [1.29, 1.82) is 0 Å². The molecule has 4 rings (SSSR count). The predicted octanol–water partition coefficient (Wildman–Crippen LogP) is 3.60. The van der Waals surface area contributed by atoms with Gasteiger partial charge >= 0.3 is 5.69 Å². The van der Waals surface area contributed by atoms with Crippen LogP contribution in [0.4, 0.5) is 0 Å². The molecule has 0 aliphatic carbocycles. The number of benzene rings is 2. The molecular weight excluding hydrogens is 272 g/mol. The molecule has 0 fully saturated rings. The third kappa shape index (κ3) is 1.38. The van der Waals surface area contributed by atoms with Gasteiger partial charge in [-0.05, 0) is 30.3 Å². The molecule has 0 radical (unpaired) electrons. The second-order valence-corrected chi connectivity index (χ2v) is 5.36. The summed E-state index contributed by atoms with van der Waals surface area (Å²) in [5, 5.41) is 2.70. The van der Waals surface area contributed by atoms with Gasteiger partial charge in [0.05, 0.1) is 16.6 Å². The van der Waals surface area contributed by atoms with Crippen molar-refractivity contribution in [3.8, 4) is 0 Å². The summed E-state index contributed by atoms with van der Waals surface area (Å²) in [5.74, 6) is 0. The van der Waals surface area contributed by atoms with E-state index < -0.39 is 0 Å². The smallest absolute Gasteiger partial charge is 0.296 e. The number of nitrogens with zero attached hydrogens (tertiary/aromatic N) is 2. The molecule has 2 heterocycles. The minimum Gasteiger partial charge on any atom is -0.296 e. The van der Waals surface area contributed by atoms with Gasteiger partial charge in [0.2, 0.25) is 0 Å². The van der Waals surface area contributed by atoms with Crippen molar-refractivity contribution in [1.82, 2.24) is 8.97 Å². The summed E-state index contributed by atoms with van der Waals surface area (Å²) in [6, 6.07) is 15.5. The zero-order chi connectivity index (χ0) is 13.9. The van der Waals surface area contributed by atoms with E-state index in [1.807, 2.05) is 48.5 Å². The number of aromatic nitrogens is 2. The maximum absolute atomic E-state index is 12.6. The molecule has 0 spiro atoms. The van der Waals surface area contributed by atoms with Crippen LogP contribution >= 0.6 is 11.6 Å². The summed E-state index contributed by atoms with van der Waals surface area (Å²) in [6.07, 6.45) is 0. The van der Waals surface area contributed by atoms with Gasteiger partial charge in [0.25, 0.3) is 0 Å². The summed E-state index contributed by atoms with van der Waals surface area (Å²) in [6.45, 7) is 0. The number of halogens is 1. The topological polar surface area (TPSA) is 26.4 Å². The van der Waals surface area contributed by atoms with Gasteiger partial charge in [-0.1, -0.05) is 29.8 Å². The minimum absolute atomic E-state index is 0.0453. The van der Waals surface area contributed by atoms with Crippen LogP contribution in [0.1, 0.15) is 0 Å². The lowest BCUT2D eigenvalue weighted by molar-refractivity contribution is 0.838. The van der Waals surface area contributed by atoms with E-state index in [0.29, 0.717) is 5.02 Å². The number of fused-ring (bicyclic) bond motifs is 5. The first-order valence-corrected chi connectivity index (χ1v) is 6.73. The molecule has 3 nitrogen and oxygen atoms in total. The Morgan fingerprint density at radius 3 is 2.60 bits per heavy atom. The Hall–Kier alpha value is -2.26. The van der Waals surface area contributed by atoms with E-state index in [2.05, 4.69) is 0 Å². The molecule has 0 saturated heterocycles. The van der Waals surface area contributed by atoms with E-state index in [1.54, 1.807) is 16.0 Å². The zero-order valence-electron chi connectivity index (χ0n) is 10.8. The second-order valence-electron chi connectivity index (χ2n) is 4.93. The minimum atomic E-state index is -0.0453. The number of aryl methyl sites for hydroxylation is 1. The summed E-state index contributed by atoms with van der Waals surface area (Å²) < 4.78 is 3.40. The fraction of sp³-hybridized carbons (Fsp3) is 0.0625. The first kappa shape index (κ1) is 11.6. The van der Waals surface area contributed by atoms with Crippen LogP contribution in [0.15, 0.2) is 53.3 Å². The summed E-state index contributed by atoms with van der Waals surface area (Å²) in [5.41, 5.74) is 2.66. The van der Waals surface area contributed by atoms with E-state index >= 15 is 0 Å². The van der Waals surface area contributed by atoms with Gasteiger partial charge in [-0.3, -0.25) is 8.97 Å². The van der Waals surface area contributed by atoms with Crippen molar-refractivity contribution >= 4 is 38.9 Å². The van der Waals surface area contributed by atoms with Crippen LogP contribution in [0.25, 0.3) is 27.3 Å². The van der Waals surface area contributed by atoms with E-state index in [0.717, 1.165) is 27.3 Å². The highest BCUT2D eigenvalue weighted by Gasteiger charge is 2.12. The number of hydrogen-bond donors (Lipinski definition) is 0. The average Bonchev–Trinajstić information content (AvgIpc) is 2.84. The molecule has 0 aliphatic heterocycles. The maximum Gasteiger partial charge on any atom is 0.333 e. The Morgan fingerprint density at radius 1 is 0.950 bits per heavy atom. The van der Waals surface area contributed by atoms with Crippen LogP contribution < -0.4 is 5.69 Å². The normalized spacial score (nSPS) is 11.7. The lowest BCUT2D eigenvalue weighted by Crippen LogP contribution is -2.24. The predicted molar refractivity (Wildman–Crippen MR) is 82.7 cm³/mol. The molecule has 20 heavy (non-hydrogen) atoms. The van der Waals surface area contributed by atoms with Crippen LogP contribution in [0, 0.1) is 0 Å². The first-order chi connectivity index (χ1) is 9.66. The Kier molecular flexibility index (Phi) is 2.24.